The number of carboxylic acids is 1. The van der Waals surface area contributed by atoms with Gasteiger partial charge >= 0.3 is 11.9 Å². The van der Waals surface area contributed by atoms with Crippen molar-refractivity contribution in [3.63, 3.8) is 0 Å². The highest BCUT2D eigenvalue weighted by Gasteiger charge is 2.25. The zero-order valence-corrected chi connectivity index (χ0v) is 10.1. The van der Waals surface area contributed by atoms with E-state index in [2.05, 4.69) is 15.0 Å². The maximum absolute atomic E-state index is 11.4. The molecular weight excluding hydrogens is 250 g/mol. The van der Waals surface area contributed by atoms with Gasteiger partial charge in [-0.25, -0.2) is 14.3 Å². The first kappa shape index (κ1) is 12.7. The Balaban J connectivity index is 2.39. The molecule has 1 N–H and O–H groups in total. The van der Waals surface area contributed by atoms with Gasteiger partial charge in [0, 0.05) is 0 Å². The lowest BCUT2D eigenvalue weighted by Gasteiger charge is -2.03. The van der Waals surface area contributed by atoms with E-state index in [1.807, 2.05) is 30.3 Å². The number of ether oxygens (including phenoxy) is 1. The fraction of sp³-hybridized carbons (Fsp3) is 0.167. The normalized spacial score (nSPS) is 10.2. The average molecular weight is 261 g/mol. The van der Waals surface area contributed by atoms with E-state index in [0.29, 0.717) is 0 Å². The van der Waals surface area contributed by atoms with E-state index < -0.39 is 11.9 Å². The highest BCUT2D eigenvalue weighted by molar-refractivity contribution is 5.99. The summed E-state index contributed by atoms with van der Waals surface area (Å²) in [5, 5.41) is 16.4. The number of rotatable bonds is 4. The molecule has 0 atom stereocenters. The van der Waals surface area contributed by atoms with Crippen LogP contribution >= 0.6 is 0 Å². The van der Waals surface area contributed by atoms with Crippen molar-refractivity contribution >= 4 is 11.9 Å². The first-order valence-corrected chi connectivity index (χ1v) is 5.42. The summed E-state index contributed by atoms with van der Waals surface area (Å²) in [5.74, 6) is -2.10. The smallest absolute Gasteiger partial charge is 0.361 e. The van der Waals surface area contributed by atoms with Gasteiger partial charge < -0.3 is 9.84 Å². The van der Waals surface area contributed by atoms with Crippen molar-refractivity contribution in [2.45, 2.75) is 6.54 Å². The van der Waals surface area contributed by atoms with Gasteiger partial charge in [-0.15, -0.1) is 5.10 Å². The van der Waals surface area contributed by atoms with Gasteiger partial charge in [0.1, 0.15) is 0 Å². The van der Waals surface area contributed by atoms with Crippen LogP contribution in [0.5, 0.6) is 0 Å². The SMILES string of the molecule is COC(=O)c1nnn(Cc2ccccc2)c1C(=O)O. The van der Waals surface area contributed by atoms with E-state index in [1.54, 1.807) is 0 Å². The van der Waals surface area contributed by atoms with Gasteiger partial charge in [0.2, 0.25) is 5.69 Å². The summed E-state index contributed by atoms with van der Waals surface area (Å²) in [5.41, 5.74) is 0.271. The molecule has 0 amide bonds. The van der Waals surface area contributed by atoms with E-state index in [1.165, 1.54) is 0 Å². The van der Waals surface area contributed by atoms with Crippen LogP contribution in [0.1, 0.15) is 26.5 Å². The predicted molar refractivity (Wildman–Crippen MR) is 63.9 cm³/mol. The third-order valence-corrected chi connectivity index (χ3v) is 2.49. The summed E-state index contributed by atoms with van der Waals surface area (Å²) in [6, 6.07) is 9.15. The molecule has 19 heavy (non-hydrogen) atoms. The number of carboxylic acid groups (broad SMARTS) is 1. The number of hydrogen-bond acceptors (Lipinski definition) is 5. The van der Waals surface area contributed by atoms with Gasteiger partial charge in [-0.05, 0) is 5.56 Å². The molecule has 2 rings (SSSR count). The lowest BCUT2D eigenvalue weighted by molar-refractivity contribution is 0.0574. The Bertz CT molecular complexity index is 607. The topological polar surface area (TPSA) is 94.3 Å². The Kier molecular flexibility index (Phi) is 3.56. The molecule has 1 aromatic carbocycles. The summed E-state index contributed by atoms with van der Waals surface area (Å²) in [6.45, 7) is 0.215. The molecule has 1 heterocycles. The number of hydrogen-bond donors (Lipinski definition) is 1. The number of esters is 1. The standard InChI is InChI=1S/C12H11N3O4/c1-19-12(18)9-10(11(16)17)15(14-13-9)7-8-5-3-2-4-6-8/h2-6H,7H2,1H3,(H,16,17). The van der Waals surface area contributed by atoms with Crippen LogP contribution in [0.25, 0.3) is 0 Å². The molecule has 7 nitrogen and oxygen atoms in total. The van der Waals surface area contributed by atoms with E-state index in [0.717, 1.165) is 17.4 Å². The summed E-state index contributed by atoms with van der Waals surface area (Å²) in [4.78, 5) is 22.6. The van der Waals surface area contributed by atoms with Crippen LogP contribution in [0.4, 0.5) is 0 Å². The first-order valence-electron chi connectivity index (χ1n) is 5.42. The lowest BCUT2D eigenvalue weighted by Crippen LogP contribution is -2.15. The minimum Gasteiger partial charge on any atom is -0.476 e. The molecule has 0 aliphatic carbocycles. The zero-order valence-electron chi connectivity index (χ0n) is 10.1. The summed E-state index contributed by atoms with van der Waals surface area (Å²) >= 11 is 0. The Hall–Kier alpha value is -2.70. The van der Waals surface area contributed by atoms with Crippen LogP contribution in [-0.4, -0.2) is 39.1 Å². The van der Waals surface area contributed by atoms with Crippen LogP contribution < -0.4 is 0 Å². The van der Waals surface area contributed by atoms with E-state index in [9.17, 15) is 9.59 Å². The summed E-state index contributed by atoms with van der Waals surface area (Å²) < 4.78 is 5.63. The molecule has 2 aromatic rings. The lowest BCUT2D eigenvalue weighted by atomic mass is 10.2. The fourth-order valence-corrected chi connectivity index (χ4v) is 1.63. The molecule has 0 saturated carbocycles. The number of nitrogens with zero attached hydrogens (tertiary/aromatic N) is 3. The maximum atomic E-state index is 11.4. The first-order chi connectivity index (χ1) is 9.13. The molecule has 98 valence electrons. The van der Waals surface area contributed by atoms with Crippen molar-refractivity contribution in [2.24, 2.45) is 0 Å². The Labute approximate surface area is 108 Å². The van der Waals surface area contributed by atoms with Gasteiger partial charge in [0.05, 0.1) is 13.7 Å². The highest BCUT2D eigenvalue weighted by atomic mass is 16.5. The molecule has 0 saturated heterocycles. The van der Waals surface area contributed by atoms with Crippen molar-refractivity contribution in [3.8, 4) is 0 Å². The molecule has 0 aliphatic heterocycles. The second-order valence-corrected chi connectivity index (χ2v) is 3.73. The fourth-order valence-electron chi connectivity index (χ4n) is 1.63. The molecule has 0 bridgehead atoms. The van der Waals surface area contributed by atoms with Crippen LogP contribution in [-0.2, 0) is 11.3 Å². The quantitative estimate of drug-likeness (QED) is 0.818. The third-order valence-electron chi connectivity index (χ3n) is 2.49. The molecule has 1 aromatic heterocycles. The number of methoxy groups -OCH3 is 1. The van der Waals surface area contributed by atoms with Gasteiger partial charge in [0.15, 0.2) is 5.69 Å². The zero-order chi connectivity index (χ0) is 13.8. The number of aromatic carboxylic acids is 1. The highest BCUT2D eigenvalue weighted by Crippen LogP contribution is 2.10. The van der Waals surface area contributed by atoms with Gasteiger partial charge in [0.25, 0.3) is 0 Å². The molecule has 0 radical (unpaired) electrons. The van der Waals surface area contributed by atoms with Crippen LogP contribution in [0.15, 0.2) is 30.3 Å². The van der Waals surface area contributed by atoms with Crippen molar-refractivity contribution in [1.82, 2.24) is 15.0 Å². The second-order valence-electron chi connectivity index (χ2n) is 3.73. The third kappa shape index (κ3) is 2.59. The minimum absolute atomic E-state index is 0.215. The summed E-state index contributed by atoms with van der Waals surface area (Å²) in [6.07, 6.45) is 0. The monoisotopic (exact) mass is 261 g/mol. The number of carbonyl (C=O) groups is 2. The second kappa shape index (κ2) is 5.30. The van der Waals surface area contributed by atoms with Gasteiger partial charge in [-0.2, -0.15) is 0 Å². The molecule has 0 spiro atoms. The number of benzene rings is 1. The van der Waals surface area contributed by atoms with Crippen molar-refractivity contribution < 1.29 is 19.4 Å². The largest absolute Gasteiger partial charge is 0.476 e. The van der Waals surface area contributed by atoms with Crippen molar-refractivity contribution in [3.05, 3.63) is 47.3 Å². The van der Waals surface area contributed by atoms with E-state index >= 15 is 0 Å². The van der Waals surface area contributed by atoms with E-state index in [4.69, 9.17) is 5.11 Å². The van der Waals surface area contributed by atoms with Crippen molar-refractivity contribution in [1.29, 1.82) is 0 Å². The molecular formula is C12H11N3O4. The maximum Gasteiger partial charge on any atom is 0.361 e. The number of carbonyl (C=O) groups excluding carboxylic acids is 1. The van der Waals surface area contributed by atoms with Crippen LogP contribution in [0.2, 0.25) is 0 Å². The molecule has 7 heteroatoms. The van der Waals surface area contributed by atoms with Crippen molar-refractivity contribution in [2.75, 3.05) is 7.11 Å². The Morgan fingerprint density at radius 3 is 2.58 bits per heavy atom. The van der Waals surface area contributed by atoms with Gasteiger partial charge in [-0.3, -0.25) is 0 Å². The molecule has 0 fully saturated rings. The average Bonchev–Trinajstić information content (AvgIpc) is 2.83. The molecule has 0 aliphatic rings. The predicted octanol–water partition coefficient (Wildman–Crippen LogP) is 0.811. The molecule has 0 unspecified atom stereocenters. The number of aromatic nitrogens is 3. The summed E-state index contributed by atoms with van der Waals surface area (Å²) in [7, 11) is 1.16. The van der Waals surface area contributed by atoms with Gasteiger partial charge in [-0.1, -0.05) is 35.5 Å². The minimum atomic E-state index is -1.28. The van der Waals surface area contributed by atoms with Crippen LogP contribution in [0.3, 0.4) is 0 Å². The Morgan fingerprint density at radius 1 is 1.32 bits per heavy atom. The Morgan fingerprint density at radius 2 is 2.00 bits per heavy atom. The van der Waals surface area contributed by atoms with E-state index in [-0.39, 0.29) is 17.9 Å². The van der Waals surface area contributed by atoms with Crippen LogP contribution in [0, 0.1) is 0 Å².